The molecule has 0 saturated heterocycles. The molecule has 0 heterocycles. The van der Waals surface area contributed by atoms with Gasteiger partial charge in [-0.3, -0.25) is 9.69 Å². The van der Waals surface area contributed by atoms with Gasteiger partial charge in [-0.25, -0.2) is 0 Å². The molecule has 1 aromatic rings. The highest BCUT2D eigenvalue weighted by atomic mass is 16.5. The number of para-hydroxylation sites is 2. The maximum atomic E-state index is 12.3. The Morgan fingerprint density at radius 2 is 2.05 bits per heavy atom. The van der Waals surface area contributed by atoms with E-state index in [1.54, 1.807) is 7.11 Å². The van der Waals surface area contributed by atoms with Gasteiger partial charge in [0.05, 0.1) is 19.3 Å². The summed E-state index contributed by atoms with van der Waals surface area (Å²) in [6.07, 6.45) is 0.902. The molecule has 5 nitrogen and oxygen atoms in total. The Hall–Kier alpha value is -1.59. The van der Waals surface area contributed by atoms with Crippen molar-refractivity contribution in [1.82, 2.24) is 4.90 Å². The Morgan fingerprint density at radius 1 is 1.38 bits per heavy atom. The molecule has 0 bridgehead atoms. The van der Waals surface area contributed by atoms with Gasteiger partial charge in [0.1, 0.15) is 5.75 Å². The lowest BCUT2D eigenvalue weighted by atomic mass is 9.96. The van der Waals surface area contributed by atoms with Crippen LogP contribution in [0.3, 0.4) is 0 Å². The van der Waals surface area contributed by atoms with Gasteiger partial charge in [0.25, 0.3) is 0 Å². The number of methoxy groups -OCH3 is 1. The number of ether oxygens (including phenoxy) is 1. The number of carbonyl (C=O) groups is 1. The third-order valence-electron chi connectivity index (χ3n) is 4.06. The second-order valence-corrected chi connectivity index (χ2v) is 5.32. The van der Waals surface area contributed by atoms with Crippen LogP contribution in [-0.4, -0.2) is 43.1 Å². The van der Waals surface area contributed by atoms with Gasteiger partial charge in [0, 0.05) is 12.1 Å². The lowest BCUT2D eigenvalue weighted by Crippen LogP contribution is -2.53. The summed E-state index contributed by atoms with van der Waals surface area (Å²) in [7, 11) is 1.59. The maximum Gasteiger partial charge on any atom is 0.238 e. The summed E-state index contributed by atoms with van der Waals surface area (Å²) in [5.74, 6) is 0.598. The van der Waals surface area contributed by atoms with Crippen LogP contribution in [0.15, 0.2) is 24.3 Å². The normalized spacial score (nSPS) is 13.8. The summed E-state index contributed by atoms with van der Waals surface area (Å²) in [5, 5.41) is 2.90. The van der Waals surface area contributed by atoms with Gasteiger partial charge in [0.2, 0.25) is 5.91 Å². The molecule has 1 unspecified atom stereocenters. The monoisotopic (exact) mass is 293 g/mol. The first-order valence-electron chi connectivity index (χ1n) is 7.38. The summed E-state index contributed by atoms with van der Waals surface area (Å²) < 4.78 is 5.24. The third kappa shape index (κ3) is 4.44. The Labute approximate surface area is 127 Å². The molecule has 1 amide bonds. The van der Waals surface area contributed by atoms with Crippen molar-refractivity contribution in [2.75, 3.05) is 32.1 Å². The lowest BCUT2D eigenvalue weighted by molar-refractivity contribution is -0.118. The second kappa shape index (κ2) is 8.00. The molecular weight excluding hydrogens is 266 g/mol. The Kier molecular flexibility index (Phi) is 6.65. The fourth-order valence-corrected chi connectivity index (χ4v) is 2.29. The topological polar surface area (TPSA) is 67.6 Å². The molecule has 1 rings (SSSR count). The number of carbonyl (C=O) groups excluding carboxylic acids is 1. The fourth-order valence-electron chi connectivity index (χ4n) is 2.29. The molecule has 0 aromatic heterocycles. The lowest BCUT2D eigenvalue weighted by Gasteiger charge is -2.39. The van der Waals surface area contributed by atoms with Gasteiger partial charge in [0.15, 0.2) is 0 Å². The van der Waals surface area contributed by atoms with Crippen molar-refractivity contribution in [3.63, 3.8) is 0 Å². The van der Waals surface area contributed by atoms with Crippen LogP contribution < -0.4 is 15.8 Å². The van der Waals surface area contributed by atoms with Gasteiger partial charge in [-0.15, -0.1) is 0 Å². The minimum Gasteiger partial charge on any atom is -0.495 e. The van der Waals surface area contributed by atoms with E-state index in [2.05, 4.69) is 24.1 Å². The zero-order valence-electron chi connectivity index (χ0n) is 13.5. The number of hydrogen-bond donors (Lipinski definition) is 2. The molecule has 0 aliphatic heterocycles. The van der Waals surface area contributed by atoms with E-state index in [0.717, 1.165) is 13.0 Å². The number of rotatable bonds is 8. The molecule has 1 aromatic carbocycles. The number of nitrogens with two attached hydrogens (primary N) is 1. The van der Waals surface area contributed by atoms with Crippen LogP contribution in [0.5, 0.6) is 5.75 Å². The van der Waals surface area contributed by atoms with Crippen molar-refractivity contribution < 1.29 is 9.53 Å². The minimum absolute atomic E-state index is 0.0607. The number of amides is 1. The average molecular weight is 293 g/mol. The fraction of sp³-hybridized carbons (Fsp3) is 0.562. The second-order valence-electron chi connectivity index (χ2n) is 5.32. The van der Waals surface area contributed by atoms with Crippen LogP contribution in [0.4, 0.5) is 5.69 Å². The van der Waals surface area contributed by atoms with E-state index in [4.69, 9.17) is 10.5 Å². The zero-order valence-corrected chi connectivity index (χ0v) is 13.5. The average Bonchev–Trinajstić information content (AvgIpc) is 2.52. The third-order valence-corrected chi connectivity index (χ3v) is 4.06. The number of benzene rings is 1. The Morgan fingerprint density at radius 3 is 2.57 bits per heavy atom. The van der Waals surface area contributed by atoms with E-state index in [1.165, 1.54) is 0 Å². The SMILES string of the molecule is CCN(CC(=O)Nc1ccccc1OC)C(C)(CC)CN. The van der Waals surface area contributed by atoms with E-state index in [-0.39, 0.29) is 11.4 Å². The Bertz CT molecular complexity index is 459. The number of likely N-dealkylation sites (N-methyl/N-ethyl adjacent to an activating group) is 1. The van der Waals surface area contributed by atoms with Crippen molar-refractivity contribution in [2.24, 2.45) is 5.73 Å². The van der Waals surface area contributed by atoms with E-state index >= 15 is 0 Å². The maximum absolute atomic E-state index is 12.3. The number of nitrogens with one attached hydrogen (secondary N) is 1. The number of nitrogens with zero attached hydrogens (tertiary/aromatic N) is 1. The smallest absolute Gasteiger partial charge is 0.238 e. The van der Waals surface area contributed by atoms with Crippen LogP contribution in [-0.2, 0) is 4.79 Å². The quantitative estimate of drug-likeness (QED) is 0.770. The summed E-state index contributed by atoms with van der Waals surface area (Å²) in [4.78, 5) is 14.4. The molecule has 1 atom stereocenters. The highest BCUT2D eigenvalue weighted by Gasteiger charge is 2.29. The molecule has 5 heteroatoms. The van der Waals surface area contributed by atoms with Crippen molar-refractivity contribution in [1.29, 1.82) is 0 Å². The van der Waals surface area contributed by atoms with Crippen molar-refractivity contribution in [2.45, 2.75) is 32.7 Å². The summed E-state index contributed by atoms with van der Waals surface area (Å²) in [6.45, 7) is 7.84. The molecule has 3 N–H and O–H groups in total. The van der Waals surface area contributed by atoms with E-state index < -0.39 is 0 Å². The molecule has 0 fully saturated rings. The van der Waals surface area contributed by atoms with Crippen LogP contribution in [0.25, 0.3) is 0 Å². The standard InChI is InChI=1S/C16H27N3O2/c1-5-16(3,12-17)19(6-2)11-15(20)18-13-9-7-8-10-14(13)21-4/h7-10H,5-6,11-12,17H2,1-4H3,(H,18,20). The molecule has 0 spiro atoms. The van der Waals surface area contributed by atoms with Crippen LogP contribution >= 0.6 is 0 Å². The molecule has 0 aliphatic carbocycles. The van der Waals surface area contributed by atoms with E-state index in [9.17, 15) is 4.79 Å². The first-order chi connectivity index (χ1) is 10.0. The largest absolute Gasteiger partial charge is 0.495 e. The van der Waals surface area contributed by atoms with Crippen LogP contribution in [0.1, 0.15) is 27.2 Å². The molecule has 118 valence electrons. The van der Waals surface area contributed by atoms with E-state index in [0.29, 0.717) is 24.5 Å². The van der Waals surface area contributed by atoms with E-state index in [1.807, 2.05) is 31.2 Å². The van der Waals surface area contributed by atoms with Gasteiger partial charge in [-0.05, 0) is 32.0 Å². The first-order valence-corrected chi connectivity index (χ1v) is 7.38. The summed E-state index contributed by atoms with van der Waals surface area (Å²) in [6, 6.07) is 7.39. The minimum atomic E-state index is -0.160. The highest BCUT2D eigenvalue weighted by molar-refractivity contribution is 5.93. The van der Waals surface area contributed by atoms with Crippen LogP contribution in [0.2, 0.25) is 0 Å². The summed E-state index contributed by atoms with van der Waals surface area (Å²) >= 11 is 0. The van der Waals surface area contributed by atoms with Crippen LogP contribution in [0, 0.1) is 0 Å². The van der Waals surface area contributed by atoms with Gasteiger partial charge >= 0.3 is 0 Å². The summed E-state index contributed by atoms with van der Waals surface area (Å²) in [5.41, 5.74) is 6.40. The predicted octanol–water partition coefficient (Wildman–Crippen LogP) is 2.08. The first kappa shape index (κ1) is 17.5. The highest BCUT2D eigenvalue weighted by Crippen LogP contribution is 2.23. The number of hydrogen-bond acceptors (Lipinski definition) is 4. The molecular formula is C16H27N3O2. The molecule has 0 saturated carbocycles. The number of anilines is 1. The van der Waals surface area contributed by atoms with Crippen molar-refractivity contribution in [3.05, 3.63) is 24.3 Å². The zero-order chi connectivity index (χ0) is 15.9. The van der Waals surface area contributed by atoms with Gasteiger partial charge in [-0.1, -0.05) is 26.0 Å². The van der Waals surface area contributed by atoms with Crippen molar-refractivity contribution in [3.8, 4) is 5.75 Å². The molecule has 0 radical (unpaired) electrons. The van der Waals surface area contributed by atoms with Crippen molar-refractivity contribution >= 4 is 11.6 Å². The Balaban J connectivity index is 2.76. The predicted molar refractivity (Wildman–Crippen MR) is 86.6 cm³/mol. The van der Waals surface area contributed by atoms with Gasteiger partial charge < -0.3 is 15.8 Å². The molecule has 21 heavy (non-hydrogen) atoms. The molecule has 0 aliphatic rings. The van der Waals surface area contributed by atoms with Gasteiger partial charge in [-0.2, -0.15) is 0 Å².